The Kier molecular flexibility index (Phi) is 6.31. The van der Waals surface area contributed by atoms with Gasteiger partial charge in [0.2, 0.25) is 5.91 Å². The predicted octanol–water partition coefficient (Wildman–Crippen LogP) is 0.707. The Morgan fingerprint density at radius 3 is 2.92 bits per heavy atom. The van der Waals surface area contributed by atoms with Crippen LogP contribution in [0, 0.1) is 5.82 Å². The number of nitrogens with zero attached hydrogens (tertiary/aromatic N) is 1. The highest BCUT2D eigenvalue weighted by atomic mass is 32.2. The maximum absolute atomic E-state index is 13.6. The summed E-state index contributed by atoms with van der Waals surface area (Å²) in [6, 6.07) is 4.29. The lowest BCUT2D eigenvalue weighted by Crippen LogP contribution is -2.48. The van der Waals surface area contributed by atoms with E-state index in [0.717, 1.165) is 5.56 Å². The first-order chi connectivity index (χ1) is 11.3. The Bertz CT molecular complexity index is 693. The maximum atomic E-state index is 13.6. The molecule has 1 aliphatic heterocycles. The van der Waals surface area contributed by atoms with E-state index in [1.165, 1.54) is 13.2 Å². The van der Waals surface area contributed by atoms with Gasteiger partial charge in [-0.25, -0.2) is 12.8 Å². The molecule has 1 aromatic rings. The maximum Gasteiger partial charge on any atom is 0.221 e. The number of amides is 1. The minimum absolute atomic E-state index is 0.00541. The molecule has 0 bridgehead atoms. The van der Waals surface area contributed by atoms with Crippen LogP contribution >= 0.6 is 0 Å². The zero-order valence-corrected chi connectivity index (χ0v) is 14.7. The number of halogens is 1. The molecule has 1 fully saturated rings. The van der Waals surface area contributed by atoms with Crippen molar-refractivity contribution in [1.82, 2.24) is 10.2 Å². The van der Waals surface area contributed by atoms with Crippen molar-refractivity contribution < 1.29 is 22.3 Å². The number of carbonyl (C=O) groups excluding carboxylic acids is 1. The van der Waals surface area contributed by atoms with Crippen LogP contribution in [0.25, 0.3) is 0 Å². The van der Waals surface area contributed by atoms with Crippen LogP contribution in [-0.4, -0.2) is 57.5 Å². The van der Waals surface area contributed by atoms with Crippen molar-refractivity contribution in [3.8, 4) is 0 Å². The second kappa shape index (κ2) is 8.04. The number of carbonyl (C=O) groups is 1. The third kappa shape index (κ3) is 5.25. The van der Waals surface area contributed by atoms with E-state index in [9.17, 15) is 17.6 Å². The van der Waals surface area contributed by atoms with Crippen LogP contribution in [0.5, 0.6) is 0 Å². The van der Waals surface area contributed by atoms with E-state index in [1.807, 2.05) is 11.9 Å². The van der Waals surface area contributed by atoms with Crippen molar-refractivity contribution in [3.63, 3.8) is 0 Å². The number of hydrogen-bond donors (Lipinski definition) is 1. The van der Waals surface area contributed by atoms with Gasteiger partial charge < -0.3 is 15.0 Å². The zero-order chi connectivity index (χ0) is 17.7. The predicted molar refractivity (Wildman–Crippen MR) is 88.6 cm³/mol. The van der Waals surface area contributed by atoms with E-state index in [1.54, 1.807) is 12.1 Å². The van der Waals surface area contributed by atoms with Crippen molar-refractivity contribution in [2.45, 2.75) is 25.6 Å². The Labute approximate surface area is 141 Å². The van der Waals surface area contributed by atoms with E-state index in [-0.39, 0.29) is 48.8 Å². The quantitative estimate of drug-likeness (QED) is 0.810. The van der Waals surface area contributed by atoms with Crippen LogP contribution in [0.1, 0.15) is 17.5 Å². The van der Waals surface area contributed by atoms with Crippen LogP contribution in [-0.2, 0) is 32.5 Å². The lowest BCUT2D eigenvalue weighted by molar-refractivity contribution is -0.122. The highest BCUT2D eigenvalue weighted by Crippen LogP contribution is 2.14. The molecular formula is C16H23FN2O4S. The molecule has 1 atom stereocenters. The van der Waals surface area contributed by atoms with Gasteiger partial charge in [-0.1, -0.05) is 6.07 Å². The first kappa shape index (κ1) is 18.8. The van der Waals surface area contributed by atoms with Crippen molar-refractivity contribution in [1.29, 1.82) is 0 Å². The van der Waals surface area contributed by atoms with Gasteiger partial charge in [-0.3, -0.25) is 4.79 Å². The zero-order valence-electron chi connectivity index (χ0n) is 13.9. The van der Waals surface area contributed by atoms with Gasteiger partial charge in [0.15, 0.2) is 9.84 Å². The molecule has 1 saturated heterocycles. The van der Waals surface area contributed by atoms with Crippen LogP contribution in [0.3, 0.4) is 0 Å². The Morgan fingerprint density at radius 1 is 1.46 bits per heavy atom. The lowest BCUT2D eigenvalue weighted by atomic mass is 10.1. The second-order valence-electron chi connectivity index (χ2n) is 6.09. The molecule has 24 heavy (non-hydrogen) atoms. The molecule has 2 rings (SSSR count). The Hall–Kier alpha value is -1.51. The molecule has 0 spiro atoms. The number of sulfone groups is 1. The molecule has 0 radical (unpaired) electrons. The first-order valence-corrected chi connectivity index (χ1v) is 9.56. The smallest absolute Gasteiger partial charge is 0.221 e. The van der Waals surface area contributed by atoms with E-state index in [4.69, 9.17) is 4.74 Å². The van der Waals surface area contributed by atoms with E-state index < -0.39 is 9.84 Å². The molecule has 0 aromatic heterocycles. The van der Waals surface area contributed by atoms with Crippen LogP contribution in [0.15, 0.2) is 18.2 Å². The Balaban J connectivity index is 1.90. The molecule has 6 nitrogen and oxygen atoms in total. The first-order valence-electron chi connectivity index (χ1n) is 7.74. The molecule has 0 aliphatic carbocycles. The third-order valence-electron chi connectivity index (χ3n) is 4.15. The summed E-state index contributed by atoms with van der Waals surface area (Å²) in [4.78, 5) is 14.0. The Morgan fingerprint density at radius 2 is 2.21 bits per heavy atom. The average molecular weight is 358 g/mol. The summed E-state index contributed by atoms with van der Waals surface area (Å²) in [6.45, 7) is 0.871. The standard InChI is InChI=1S/C16H23FN2O4S/c1-19-5-6-24(21,22)11-14(19)8-16(20)18-9-12-3-4-15(17)13(7-12)10-23-2/h3-4,7,14H,5-6,8-11H2,1-2H3,(H,18,20). The number of nitrogens with one attached hydrogen (secondary N) is 1. The van der Waals surface area contributed by atoms with Crippen LogP contribution in [0.2, 0.25) is 0 Å². The summed E-state index contributed by atoms with van der Waals surface area (Å²) in [5.41, 5.74) is 1.20. The van der Waals surface area contributed by atoms with Crippen LogP contribution in [0.4, 0.5) is 4.39 Å². The number of rotatable bonds is 6. The highest BCUT2D eigenvalue weighted by Gasteiger charge is 2.30. The van der Waals surface area contributed by atoms with Crippen molar-refractivity contribution in [3.05, 3.63) is 35.1 Å². The summed E-state index contributed by atoms with van der Waals surface area (Å²) in [5, 5.41) is 2.76. The molecule has 1 heterocycles. The summed E-state index contributed by atoms with van der Waals surface area (Å²) in [5.74, 6) is -0.423. The fourth-order valence-corrected chi connectivity index (χ4v) is 4.37. The van der Waals surface area contributed by atoms with E-state index in [2.05, 4.69) is 5.32 Å². The molecular weight excluding hydrogens is 335 g/mol. The fourth-order valence-electron chi connectivity index (χ4n) is 2.68. The monoisotopic (exact) mass is 358 g/mol. The number of hydrogen-bond acceptors (Lipinski definition) is 5. The molecule has 1 unspecified atom stereocenters. The van der Waals surface area contributed by atoms with Gasteiger partial charge in [-0.15, -0.1) is 0 Å². The fraction of sp³-hybridized carbons (Fsp3) is 0.562. The molecule has 1 aromatic carbocycles. The average Bonchev–Trinajstić information content (AvgIpc) is 2.52. The highest BCUT2D eigenvalue weighted by molar-refractivity contribution is 7.91. The van der Waals surface area contributed by atoms with Gasteiger partial charge in [0.25, 0.3) is 0 Å². The minimum atomic E-state index is -3.07. The second-order valence-corrected chi connectivity index (χ2v) is 8.32. The van der Waals surface area contributed by atoms with Crippen molar-refractivity contribution >= 4 is 15.7 Å². The van der Waals surface area contributed by atoms with Gasteiger partial charge in [-0.05, 0) is 24.7 Å². The molecule has 1 N–H and O–H groups in total. The third-order valence-corrected chi connectivity index (χ3v) is 5.84. The molecule has 1 aliphatic rings. The van der Waals surface area contributed by atoms with Gasteiger partial charge in [-0.2, -0.15) is 0 Å². The summed E-state index contributed by atoms with van der Waals surface area (Å²) in [6.07, 6.45) is 0.127. The molecule has 0 saturated carbocycles. The number of methoxy groups -OCH3 is 1. The largest absolute Gasteiger partial charge is 0.380 e. The SMILES string of the molecule is COCc1cc(CNC(=O)CC2CS(=O)(=O)CCN2C)ccc1F. The minimum Gasteiger partial charge on any atom is -0.380 e. The van der Waals surface area contributed by atoms with Gasteiger partial charge >= 0.3 is 0 Å². The van der Waals surface area contributed by atoms with Crippen molar-refractivity contribution in [2.24, 2.45) is 0 Å². The number of ether oxygens (including phenoxy) is 1. The molecule has 1 amide bonds. The van der Waals surface area contributed by atoms with Crippen molar-refractivity contribution in [2.75, 3.05) is 32.2 Å². The molecule has 134 valence electrons. The van der Waals surface area contributed by atoms with E-state index in [0.29, 0.717) is 12.1 Å². The summed E-state index contributed by atoms with van der Waals surface area (Å²) < 4.78 is 41.9. The topological polar surface area (TPSA) is 75.7 Å². The van der Waals surface area contributed by atoms with Gasteiger partial charge in [0.1, 0.15) is 5.82 Å². The van der Waals surface area contributed by atoms with Crippen LogP contribution < -0.4 is 5.32 Å². The summed E-state index contributed by atoms with van der Waals surface area (Å²) in [7, 11) is 0.240. The van der Waals surface area contributed by atoms with Gasteiger partial charge in [0, 0.05) is 38.2 Å². The van der Waals surface area contributed by atoms with Gasteiger partial charge in [0.05, 0.1) is 18.1 Å². The number of benzene rings is 1. The molecule has 8 heteroatoms. The van der Waals surface area contributed by atoms with E-state index >= 15 is 0 Å². The lowest BCUT2D eigenvalue weighted by Gasteiger charge is -2.31. The normalized spacial score (nSPS) is 20.7. The summed E-state index contributed by atoms with van der Waals surface area (Å²) >= 11 is 0.